The first-order valence-electron chi connectivity index (χ1n) is 7.50. The van der Waals surface area contributed by atoms with Crippen molar-refractivity contribution in [3.63, 3.8) is 0 Å². The zero-order valence-electron chi connectivity index (χ0n) is 13.7. The maximum atomic E-state index is 6.05. The molecule has 0 aliphatic rings. The van der Waals surface area contributed by atoms with E-state index in [1.54, 1.807) is 7.11 Å². The SMILES string of the molecule is C/C=C/[C@@H](c1nccn1C)C(C)OCc1ccc(OC)cc1. The number of methoxy groups -OCH3 is 1. The van der Waals surface area contributed by atoms with Gasteiger partial charge in [0.1, 0.15) is 11.6 Å². The minimum atomic E-state index is 0.0411. The maximum Gasteiger partial charge on any atom is 0.118 e. The van der Waals surface area contributed by atoms with Gasteiger partial charge in [0.2, 0.25) is 0 Å². The number of aryl methyl sites for hydroxylation is 1. The van der Waals surface area contributed by atoms with Crippen LogP contribution in [0.1, 0.15) is 31.2 Å². The lowest BCUT2D eigenvalue weighted by Crippen LogP contribution is -2.20. The Balaban J connectivity index is 2.02. The Labute approximate surface area is 132 Å². The molecule has 1 aromatic heterocycles. The van der Waals surface area contributed by atoms with Crippen molar-refractivity contribution in [3.05, 3.63) is 60.2 Å². The largest absolute Gasteiger partial charge is 0.497 e. The van der Waals surface area contributed by atoms with Crippen LogP contribution in [0.15, 0.2) is 48.8 Å². The predicted octanol–water partition coefficient (Wildman–Crippen LogP) is 3.69. The zero-order chi connectivity index (χ0) is 15.9. The van der Waals surface area contributed by atoms with E-state index in [0.29, 0.717) is 6.61 Å². The van der Waals surface area contributed by atoms with E-state index >= 15 is 0 Å². The van der Waals surface area contributed by atoms with E-state index in [2.05, 4.69) is 18.0 Å². The predicted molar refractivity (Wildman–Crippen MR) is 88.0 cm³/mol. The van der Waals surface area contributed by atoms with Crippen LogP contribution in [0.3, 0.4) is 0 Å². The van der Waals surface area contributed by atoms with Crippen molar-refractivity contribution >= 4 is 0 Å². The minimum Gasteiger partial charge on any atom is -0.497 e. The monoisotopic (exact) mass is 300 g/mol. The Morgan fingerprint density at radius 3 is 2.55 bits per heavy atom. The molecule has 0 aliphatic carbocycles. The Hall–Kier alpha value is -2.07. The van der Waals surface area contributed by atoms with E-state index in [4.69, 9.17) is 9.47 Å². The Morgan fingerprint density at radius 1 is 1.27 bits per heavy atom. The summed E-state index contributed by atoms with van der Waals surface area (Å²) in [7, 11) is 3.68. The highest BCUT2D eigenvalue weighted by atomic mass is 16.5. The summed E-state index contributed by atoms with van der Waals surface area (Å²) < 4.78 is 13.3. The fraction of sp³-hybridized carbons (Fsp3) is 0.389. The van der Waals surface area contributed by atoms with Gasteiger partial charge >= 0.3 is 0 Å². The average molecular weight is 300 g/mol. The molecule has 0 bridgehead atoms. The lowest BCUT2D eigenvalue weighted by molar-refractivity contribution is 0.0418. The highest BCUT2D eigenvalue weighted by molar-refractivity contribution is 5.26. The molecule has 2 aromatic rings. The third kappa shape index (κ3) is 3.98. The first-order valence-corrected chi connectivity index (χ1v) is 7.50. The molecule has 1 heterocycles. The van der Waals surface area contributed by atoms with E-state index < -0.39 is 0 Å². The molecular weight excluding hydrogens is 276 g/mol. The van der Waals surface area contributed by atoms with Crippen LogP contribution in [-0.4, -0.2) is 22.8 Å². The van der Waals surface area contributed by atoms with Crippen LogP contribution in [-0.2, 0) is 18.4 Å². The van der Waals surface area contributed by atoms with E-state index in [9.17, 15) is 0 Å². The van der Waals surface area contributed by atoms with Crippen LogP contribution in [0.5, 0.6) is 5.75 Å². The van der Waals surface area contributed by atoms with Gasteiger partial charge in [0, 0.05) is 19.4 Å². The lowest BCUT2D eigenvalue weighted by atomic mass is 10.0. The van der Waals surface area contributed by atoms with E-state index in [-0.39, 0.29) is 12.0 Å². The highest BCUT2D eigenvalue weighted by Gasteiger charge is 2.20. The molecule has 0 spiro atoms. The number of rotatable bonds is 7. The van der Waals surface area contributed by atoms with Crippen LogP contribution >= 0.6 is 0 Å². The van der Waals surface area contributed by atoms with Gasteiger partial charge in [-0.1, -0.05) is 24.3 Å². The first-order chi connectivity index (χ1) is 10.7. The number of benzene rings is 1. The summed E-state index contributed by atoms with van der Waals surface area (Å²) in [6, 6.07) is 7.95. The molecular formula is C18H24N2O2. The molecule has 118 valence electrons. The van der Waals surface area contributed by atoms with Gasteiger partial charge in [-0.2, -0.15) is 0 Å². The summed E-state index contributed by atoms with van der Waals surface area (Å²) in [4.78, 5) is 4.45. The molecule has 4 nitrogen and oxygen atoms in total. The number of hydrogen-bond donors (Lipinski definition) is 0. The third-order valence-electron chi connectivity index (χ3n) is 3.73. The van der Waals surface area contributed by atoms with Gasteiger partial charge in [0.05, 0.1) is 25.7 Å². The standard InChI is InChI=1S/C18H24N2O2/c1-5-6-17(18-19-11-12-20(18)3)14(2)22-13-15-7-9-16(21-4)10-8-15/h5-12,14,17H,13H2,1-4H3/b6-5+/t14?,17-/m1/s1. The molecule has 4 heteroatoms. The number of imidazole rings is 1. The second-order valence-corrected chi connectivity index (χ2v) is 5.31. The average Bonchev–Trinajstić information content (AvgIpc) is 2.96. The molecule has 0 radical (unpaired) electrons. The van der Waals surface area contributed by atoms with Crippen molar-refractivity contribution in [2.45, 2.75) is 32.5 Å². The maximum absolute atomic E-state index is 6.05. The van der Waals surface area contributed by atoms with E-state index in [0.717, 1.165) is 17.1 Å². The van der Waals surface area contributed by atoms with Gasteiger partial charge in [-0.05, 0) is 31.5 Å². The van der Waals surface area contributed by atoms with Gasteiger partial charge in [-0.3, -0.25) is 0 Å². The molecule has 0 aliphatic heterocycles. The number of allylic oxidation sites excluding steroid dienone is 1. The van der Waals surface area contributed by atoms with Crippen molar-refractivity contribution in [2.75, 3.05) is 7.11 Å². The Morgan fingerprint density at radius 2 is 2.00 bits per heavy atom. The fourth-order valence-electron chi connectivity index (χ4n) is 2.41. The third-order valence-corrected chi connectivity index (χ3v) is 3.73. The minimum absolute atomic E-state index is 0.0411. The molecule has 0 fully saturated rings. The van der Waals surface area contributed by atoms with Crippen molar-refractivity contribution in [2.24, 2.45) is 7.05 Å². The summed E-state index contributed by atoms with van der Waals surface area (Å²) in [5.41, 5.74) is 1.13. The quantitative estimate of drug-likeness (QED) is 0.732. The van der Waals surface area contributed by atoms with Crippen LogP contribution in [0.4, 0.5) is 0 Å². The fourth-order valence-corrected chi connectivity index (χ4v) is 2.41. The van der Waals surface area contributed by atoms with Crippen molar-refractivity contribution in [3.8, 4) is 5.75 Å². The van der Waals surface area contributed by atoms with Crippen LogP contribution in [0.2, 0.25) is 0 Å². The molecule has 1 aromatic carbocycles. The molecule has 0 saturated carbocycles. The van der Waals surface area contributed by atoms with Gasteiger partial charge < -0.3 is 14.0 Å². The molecule has 1 unspecified atom stereocenters. The summed E-state index contributed by atoms with van der Waals surface area (Å²) in [6.07, 6.45) is 8.01. The normalized spacial score (nSPS) is 14.2. The summed E-state index contributed by atoms with van der Waals surface area (Å²) >= 11 is 0. The number of aromatic nitrogens is 2. The van der Waals surface area contributed by atoms with Gasteiger partial charge in [0.15, 0.2) is 0 Å². The molecule has 2 atom stereocenters. The molecule has 0 N–H and O–H groups in total. The topological polar surface area (TPSA) is 36.3 Å². The van der Waals surface area contributed by atoms with Crippen molar-refractivity contribution < 1.29 is 9.47 Å². The first kappa shape index (κ1) is 16.3. The second kappa shape index (κ2) is 7.80. The Kier molecular flexibility index (Phi) is 5.78. The van der Waals surface area contributed by atoms with E-state index in [1.807, 2.05) is 61.3 Å². The van der Waals surface area contributed by atoms with Gasteiger partial charge in [0.25, 0.3) is 0 Å². The Bertz CT molecular complexity index is 602. The number of ether oxygens (including phenoxy) is 2. The molecule has 0 amide bonds. The van der Waals surface area contributed by atoms with Crippen LogP contribution in [0, 0.1) is 0 Å². The van der Waals surface area contributed by atoms with Crippen molar-refractivity contribution in [1.29, 1.82) is 0 Å². The summed E-state index contributed by atoms with van der Waals surface area (Å²) in [5, 5.41) is 0. The van der Waals surface area contributed by atoms with Crippen LogP contribution < -0.4 is 4.74 Å². The number of hydrogen-bond acceptors (Lipinski definition) is 3. The van der Waals surface area contributed by atoms with Crippen LogP contribution in [0.25, 0.3) is 0 Å². The van der Waals surface area contributed by atoms with E-state index in [1.165, 1.54) is 0 Å². The van der Waals surface area contributed by atoms with Crippen molar-refractivity contribution in [1.82, 2.24) is 9.55 Å². The lowest BCUT2D eigenvalue weighted by Gasteiger charge is -2.21. The summed E-state index contributed by atoms with van der Waals surface area (Å²) in [6.45, 7) is 4.68. The second-order valence-electron chi connectivity index (χ2n) is 5.31. The molecule has 2 rings (SSSR count). The smallest absolute Gasteiger partial charge is 0.118 e. The highest BCUT2D eigenvalue weighted by Crippen LogP contribution is 2.23. The van der Waals surface area contributed by atoms with Gasteiger partial charge in [-0.25, -0.2) is 4.98 Å². The summed E-state index contributed by atoms with van der Waals surface area (Å²) in [5.74, 6) is 2.01. The zero-order valence-corrected chi connectivity index (χ0v) is 13.7. The van der Waals surface area contributed by atoms with Gasteiger partial charge in [-0.15, -0.1) is 0 Å². The number of nitrogens with zero attached hydrogens (tertiary/aromatic N) is 2. The molecule has 0 saturated heterocycles. The molecule has 22 heavy (non-hydrogen) atoms.